The highest BCUT2D eigenvalue weighted by Gasteiger charge is 2.70. The Hall–Kier alpha value is -0.830. The predicted molar refractivity (Wildman–Crippen MR) is 84.3 cm³/mol. The van der Waals surface area contributed by atoms with Crippen molar-refractivity contribution in [2.45, 2.75) is 71.3 Å². The summed E-state index contributed by atoms with van der Waals surface area (Å²) in [6.07, 6.45) is 8.51. The molecule has 0 aliphatic heterocycles. The smallest absolute Gasteiger partial charge is 0.334 e. The molecule has 0 aromatic heterocycles. The van der Waals surface area contributed by atoms with Gasteiger partial charge >= 0.3 is 5.97 Å². The summed E-state index contributed by atoms with van der Waals surface area (Å²) >= 11 is 0. The first-order valence-corrected chi connectivity index (χ1v) is 9.07. The van der Waals surface area contributed by atoms with Crippen LogP contribution >= 0.6 is 0 Å². The van der Waals surface area contributed by atoms with E-state index in [1.807, 2.05) is 0 Å². The fraction of sp³-hybridized carbons (Fsp3) is 0.842. The van der Waals surface area contributed by atoms with Crippen LogP contribution in [0.15, 0.2) is 11.1 Å². The Morgan fingerprint density at radius 2 is 1.82 bits per heavy atom. The zero-order valence-corrected chi connectivity index (χ0v) is 13.8. The van der Waals surface area contributed by atoms with E-state index in [1.165, 1.54) is 38.5 Å². The molecule has 5 atom stereocenters. The lowest BCUT2D eigenvalue weighted by Crippen LogP contribution is -2.51. The number of aliphatic hydroxyl groups is 1. The SMILES string of the molecule is CC1CCC2CC3=C(C(=O)O)C(O)CC31C2(C)C1CCCC1. The van der Waals surface area contributed by atoms with Crippen LogP contribution in [-0.4, -0.2) is 22.3 Å². The first kappa shape index (κ1) is 14.7. The zero-order chi connectivity index (χ0) is 15.7. The molecule has 5 unspecified atom stereocenters. The van der Waals surface area contributed by atoms with Crippen LogP contribution < -0.4 is 0 Å². The van der Waals surface area contributed by atoms with Crippen molar-refractivity contribution in [1.82, 2.24) is 0 Å². The van der Waals surface area contributed by atoms with Crippen molar-refractivity contribution in [3.8, 4) is 0 Å². The largest absolute Gasteiger partial charge is 0.478 e. The van der Waals surface area contributed by atoms with Crippen LogP contribution in [0.1, 0.15) is 65.2 Å². The summed E-state index contributed by atoms with van der Waals surface area (Å²) in [7, 11) is 0. The summed E-state index contributed by atoms with van der Waals surface area (Å²) in [4.78, 5) is 11.8. The van der Waals surface area contributed by atoms with Gasteiger partial charge in [0.2, 0.25) is 0 Å². The van der Waals surface area contributed by atoms with Crippen molar-refractivity contribution >= 4 is 5.97 Å². The summed E-state index contributed by atoms with van der Waals surface area (Å²) in [5.41, 5.74) is 1.66. The molecule has 2 N–H and O–H groups in total. The summed E-state index contributed by atoms with van der Waals surface area (Å²) in [6, 6.07) is 0. The Kier molecular flexibility index (Phi) is 3.08. The Labute approximate surface area is 132 Å². The zero-order valence-electron chi connectivity index (χ0n) is 13.8. The molecule has 3 fully saturated rings. The second kappa shape index (κ2) is 4.59. The molecule has 0 radical (unpaired) electrons. The van der Waals surface area contributed by atoms with E-state index in [-0.39, 0.29) is 10.8 Å². The fourth-order valence-corrected chi connectivity index (χ4v) is 7.26. The van der Waals surface area contributed by atoms with Crippen LogP contribution in [-0.2, 0) is 4.79 Å². The van der Waals surface area contributed by atoms with Crippen molar-refractivity contribution in [3.05, 3.63) is 11.1 Å². The second-order valence-electron chi connectivity index (χ2n) is 8.53. The van der Waals surface area contributed by atoms with Gasteiger partial charge in [-0.1, -0.05) is 26.7 Å². The van der Waals surface area contributed by atoms with E-state index in [2.05, 4.69) is 13.8 Å². The minimum Gasteiger partial charge on any atom is -0.478 e. The van der Waals surface area contributed by atoms with Gasteiger partial charge in [0, 0.05) is 5.41 Å². The highest BCUT2D eigenvalue weighted by atomic mass is 16.4. The van der Waals surface area contributed by atoms with E-state index in [0.29, 0.717) is 23.8 Å². The topological polar surface area (TPSA) is 57.5 Å². The number of carbonyl (C=O) groups is 1. The van der Waals surface area contributed by atoms with Crippen LogP contribution in [0.3, 0.4) is 0 Å². The third-order valence-corrected chi connectivity index (χ3v) is 8.20. The summed E-state index contributed by atoms with van der Waals surface area (Å²) in [5, 5.41) is 20.2. The molecule has 3 saturated carbocycles. The molecule has 4 aliphatic rings. The first-order valence-electron chi connectivity index (χ1n) is 9.07. The number of allylic oxidation sites excluding steroid dienone is 1. The predicted octanol–water partition coefficient (Wildman–Crippen LogP) is 3.76. The van der Waals surface area contributed by atoms with Crippen LogP contribution in [0.25, 0.3) is 0 Å². The molecule has 0 saturated heterocycles. The van der Waals surface area contributed by atoms with Gasteiger partial charge in [0.05, 0.1) is 11.7 Å². The number of rotatable bonds is 2. The number of aliphatic hydroxyl groups excluding tert-OH is 1. The number of hydrogen-bond acceptors (Lipinski definition) is 2. The molecule has 0 amide bonds. The molecule has 4 rings (SSSR count). The van der Waals surface area contributed by atoms with E-state index in [4.69, 9.17) is 0 Å². The van der Waals surface area contributed by atoms with E-state index >= 15 is 0 Å². The van der Waals surface area contributed by atoms with E-state index in [9.17, 15) is 15.0 Å². The Morgan fingerprint density at radius 1 is 1.14 bits per heavy atom. The summed E-state index contributed by atoms with van der Waals surface area (Å²) < 4.78 is 0. The second-order valence-corrected chi connectivity index (χ2v) is 8.53. The van der Waals surface area contributed by atoms with Crippen molar-refractivity contribution < 1.29 is 15.0 Å². The van der Waals surface area contributed by atoms with Crippen LogP contribution in [0, 0.1) is 28.6 Å². The molecule has 3 nitrogen and oxygen atoms in total. The lowest BCUT2D eigenvalue weighted by Gasteiger charge is -2.56. The standard InChI is InChI=1S/C19H28O3/c1-11-7-8-13-9-14-16(17(21)22)15(20)10-19(11,14)18(13,2)12-5-3-4-6-12/h11-13,15,20H,3-10H2,1-2H3,(H,21,22). The van der Waals surface area contributed by atoms with E-state index < -0.39 is 12.1 Å². The van der Waals surface area contributed by atoms with E-state index in [0.717, 1.165) is 17.9 Å². The van der Waals surface area contributed by atoms with E-state index in [1.54, 1.807) is 0 Å². The van der Waals surface area contributed by atoms with Gasteiger partial charge in [-0.05, 0) is 67.3 Å². The number of carboxylic acids is 1. The first-order chi connectivity index (χ1) is 10.4. The summed E-state index contributed by atoms with van der Waals surface area (Å²) in [6.45, 7) is 4.76. The van der Waals surface area contributed by atoms with Crippen molar-refractivity contribution in [1.29, 1.82) is 0 Å². The normalized spacial score (nSPS) is 48.0. The maximum Gasteiger partial charge on any atom is 0.334 e. The quantitative estimate of drug-likeness (QED) is 0.816. The molecule has 22 heavy (non-hydrogen) atoms. The third-order valence-electron chi connectivity index (χ3n) is 8.20. The number of hydrogen-bond donors (Lipinski definition) is 2. The molecule has 1 spiro atoms. The van der Waals surface area contributed by atoms with Crippen LogP contribution in [0.2, 0.25) is 0 Å². The number of fused-ring (bicyclic) bond motifs is 1. The van der Waals surface area contributed by atoms with Gasteiger partial charge in [-0.3, -0.25) is 0 Å². The maximum atomic E-state index is 11.8. The van der Waals surface area contributed by atoms with Gasteiger partial charge in [-0.25, -0.2) is 4.79 Å². The van der Waals surface area contributed by atoms with Gasteiger partial charge < -0.3 is 10.2 Å². The lowest BCUT2D eigenvalue weighted by atomic mass is 9.47. The average Bonchev–Trinajstić information content (AvgIpc) is 3.10. The Balaban J connectivity index is 1.91. The Morgan fingerprint density at radius 3 is 2.45 bits per heavy atom. The maximum absolute atomic E-state index is 11.8. The monoisotopic (exact) mass is 304 g/mol. The molecule has 4 aliphatic carbocycles. The molecule has 0 heterocycles. The highest BCUT2D eigenvalue weighted by molar-refractivity contribution is 5.90. The van der Waals surface area contributed by atoms with Crippen molar-refractivity contribution in [3.63, 3.8) is 0 Å². The van der Waals surface area contributed by atoms with Crippen molar-refractivity contribution in [2.75, 3.05) is 0 Å². The van der Waals surface area contributed by atoms with Gasteiger partial charge in [0.1, 0.15) is 0 Å². The van der Waals surface area contributed by atoms with Crippen LogP contribution in [0.4, 0.5) is 0 Å². The number of carboxylic acid groups (broad SMARTS) is 1. The molecule has 0 aromatic rings. The molecular formula is C19H28O3. The highest BCUT2D eigenvalue weighted by Crippen LogP contribution is 2.76. The summed E-state index contributed by atoms with van der Waals surface area (Å²) in [5.74, 6) is 0.966. The minimum absolute atomic E-state index is 0.0436. The third kappa shape index (κ3) is 1.49. The molecule has 2 bridgehead atoms. The molecule has 3 heteroatoms. The molecular weight excluding hydrogens is 276 g/mol. The van der Waals surface area contributed by atoms with Gasteiger partial charge in [-0.15, -0.1) is 0 Å². The fourth-order valence-electron chi connectivity index (χ4n) is 7.26. The molecule has 122 valence electrons. The molecule has 0 aromatic carbocycles. The van der Waals surface area contributed by atoms with Gasteiger partial charge in [0.15, 0.2) is 0 Å². The average molecular weight is 304 g/mol. The van der Waals surface area contributed by atoms with Gasteiger partial charge in [-0.2, -0.15) is 0 Å². The Bertz CT molecular complexity index is 545. The van der Waals surface area contributed by atoms with Crippen LogP contribution in [0.5, 0.6) is 0 Å². The lowest BCUT2D eigenvalue weighted by molar-refractivity contribution is -0.133. The minimum atomic E-state index is -0.882. The van der Waals surface area contributed by atoms with Crippen molar-refractivity contribution in [2.24, 2.45) is 28.6 Å². The number of aliphatic carboxylic acids is 1. The van der Waals surface area contributed by atoms with Gasteiger partial charge in [0.25, 0.3) is 0 Å².